The van der Waals surface area contributed by atoms with E-state index in [2.05, 4.69) is 15.5 Å². The number of aliphatic carboxylic acids is 1. The van der Waals surface area contributed by atoms with Crippen LogP contribution in [0.5, 0.6) is 0 Å². The fourth-order valence-electron chi connectivity index (χ4n) is 3.02. The van der Waals surface area contributed by atoms with E-state index in [1.807, 2.05) is 13.8 Å². The van der Waals surface area contributed by atoms with Gasteiger partial charge in [0.1, 0.15) is 29.9 Å². The third-order valence-electron chi connectivity index (χ3n) is 4.17. The zero-order valence-corrected chi connectivity index (χ0v) is 16.7. The lowest BCUT2D eigenvalue weighted by Gasteiger charge is -2.49. The number of carboxylic acid groups (broad SMARTS) is 1. The number of hydrogen-bond donors (Lipinski definition) is 2. The van der Waals surface area contributed by atoms with Gasteiger partial charge in [-0.15, -0.1) is 23.1 Å². The summed E-state index contributed by atoms with van der Waals surface area (Å²) in [7, 11) is 1.32. The van der Waals surface area contributed by atoms with Crippen LogP contribution in [-0.4, -0.2) is 62.8 Å². The summed E-state index contributed by atoms with van der Waals surface area (Å²) in [6.07, 6.45) is 0. The molecule has 1 aromatic rings. The Morgan fingerprint density at radius 2 is 2.07 bits per heavy atom. The van der Waals surface area contributed by atoms with E-state index in [-0.39, 0.29) is 11.4 Å². The summed E-state index contributed by atoms with van der Waals surface area (Å²) in [6.45, 7) is 5.32. The minimum atomic E-state index is -1.15. The Kier molecular flexibility index (Phi) is 5.24. The molecule has 0 spiro atoms. The van der Waals surface area contributed by atoms with Crippen molar-refractivity contribution in [2.24, 2.45) is 5.16 Å². The van der Waals surface area contributed by atoms with E-state index >= 15 is 0 Å². The molecule has 0 bridgehead atoms. The van der Waals surface area contributed by atoms with Gasteiger partial charge in [0.15, 0.2) is 5.71 Å². The van der Waals surface area contributed by atoms with Gasteiger partial charge in [-0.3, -0.25) is 14.5 Å². The van der Waals surface area contributed by atoms with Crippen molar-refractivity contribution in [2.45, 2.75) is 32.2 Å². The molecule has 2 aliphatic rings. The zero-order chi connectivity index (χ0) is 19.9. The number of β-lactam (4-membered cyclic amide) rings is 1. The van der Waals surface area contributed by atoms with Gasteiger partial charge in [-0.25, -0.2) is 9.78 Å². The number of nitrogens with zero attached hydrogens (tertiary/aromatic N) is 3. The van der Waals surface area contributed by atoms with Crippen LogP contribution in [0.25, 0.3) is 0 Å². The van der Waals surface area contributed by atoms with E-state index in [1.165, 1.54) is 35.1 Å². The maximum atomic E-state index is 12.7. The molecule has 2 atom stereocenters. The van der Waals surface area contributed by atoms with E-state index in [0.717, 1.165) is 9.88 Å². The van der Waals surface area contributed by atoms with Crippen LogP contribution in [0.3, 0.4) is 0 Å². The highest BCUT2D eigenvalue weighted by Gasteiger charge is 2.54. The average molecular weight is 410 g/mol. The third-order valence-corrected chi connectivity index (χ3v) is 6.48. The van der Waals surface area contributed by atoms with Gasteiger partial charge in [0.2, 0.25) is 0 Å². The summed E-state index contributed by atoms with van der Waals surface area (Å²) in [4.78, 5) is 47.8. The molecule has 144 valence electrons. The Labute approximate surface area is 163 Å². The van der Waals surface area contributed by atoms with Crippen LogP contribution in [0.4, 0.5) is 0 Å². The number of amides is 2. The number of fused-ring (bicyclic) bond motifs is 1. The molecule has 2 aliphatic heterocycles. The molecule has 3 rings (SSSR count). The first kappa shape index (κ1) is 19.4. The number of carboxylic acids is 1. The molecule has 0 radical (unpaired) electrons. The Balaban J connectivity index is 1.81. The van der Waals surface area contributed by atoms with Gasteiger partial charge in [0, 0.05) is 10.6 Å². The Morgan fingerprint density at radius 1 is 1.37 bits per heavy atom. The third kappa shape index (κ3) is 3.32. The highest BCUT2D eigenvalue weighted by Crippen LogP contribution is 2.40. The van der Waals surface area contributed by atoms with Crippen LogP contribution in [0.15, 0.2) is 16.4 Å². The Hall–Kier alpha value is -2.40. The van der Waals surface area contributed by atoms with Crippen LogP contribution < -0.4 is 5.32 Å². The van der Waals surface area contributed by atoms with Crippen molar-refractivity contribution in [3.63, 3.8) is 0 Å². The summed E-state index contributed by atoms with van der Waals surface area (Å²) in [5.74, 6) is -1.72. The number of carbonyl (C=O) groups excluding carboxylic acids is 2. The number of rotatable bonds is 5. The molecule has 0 aliphatic carbocycles. The van der Waals surface area contributed by atoms with E-state index in [1.54, 1.807) is 6.92 Å². The van der Waals surface area contributed by atoms with Crippen molar-refractivity contribution < 1.29 is 24.3 Å². The lowest BCUT2D eigenvalue weighted by atomic mass is 10.0. The number of aryl methyl sites for hydroxylation is 2. The lowest BCUT2D eigenvalue weighted by molar-refractivity contribution is -0.150. The van der Waals surface area contributed by atoms with Crippen molar-refractivity contribution >= 4 is 46.6 Å². The largest absolute Gasteiger partial charge is 0.477 e. The minimum Gasteiger partial charge on any atom is -0.477 e. The molecule has 9 nitrogen and oxygen atoms in total. The van der Waals surface area contributed by atoms with Gasteiger partial charge in [-0.1, -0.05) is 5.16 Å². The van der Waals surface area contributed by atoms with E-state index in [0.29, 0.717) is 17.0 Å². The quantitative estimate of drug-likeness (QED) is 0.420. The van der Waals surface area contributed by atoms with Crippen molar-refractivity contribution in [3.8, 4) is 0 Å². The number of thioether (sulfide) groups is 1. The number of hydrogen-bond acceptors (Lipinski definition) is 8. The first-order valence-electron chi connectivity index (χ1n) is 8.00. The van der Waals surface area contributed by atoms with E-state index < -0.39 is 29.2 Å². The molecule has 27 heavy (non-hydrogen) atoms. The summed E-state index contributed by atoms with van der Waals surface area (Å²) >= 11 is 2.83. The van der Waals surface area contributed by atoms with Crippen molar-refractivity contribution in [1.82, 2.24) is 15.2 Å². The summed E-state index contributed by atoms with van der Waals surface area (Å²) in [5, 5.41) is 16.1. The first-order valence-corrected chi connectivity index (χ1v) is 9.87. The van der Waals surface area contributed by atoms with Gasteiger partial charge in [-0.05, 0) is 26.3 Å². The van der Waals surface area contributed by atoms with Gasteiger partial charge in [0.25, 0.3) is 11.8 Å². The van der Waals surface area contributed by atoms with Gasteiger partial charge in [-0.2, -0.15) is 0 Å². The second-order valence-electron chi connectivity index (χ2n) is 6.06. The van der Waals surface area contributed by atoms with Crippen LogP contribution >= 0.6 is 23.1 Å². The van der Waals surface area contributed by atoms with Gasteiger partial charge >= 0.3 is 5.97 Å². The van der Waals surface area contributed by atoms with Crippen LogP contribution in [-0.2, 0) is 19.2 Å². The molecule has 2 amide bonds. The molecular formula is C16H18N4O5S2. The SMILES string of the molecule is CON=C(C(=O)NC1C(=O)N2C(C(=O)O)=C(C)CSC12)c1nc(C)sc1C. The van der Waals surface area contributed by atoms with E-state index in [9.17, 15) is 19.5 Å². The second kappa shape index (κ2) is 7.31. The molecule has 3 heterocycles. The predicted molar refractivity (Wildman–Crippen MR) is 100 cm³/mol. The molecule has 0 saturated carbocycles. The topological polar surface area (TPSA) is 121 Å². The fourth-order valence-corrected chi connectivity index (χ4v) is 5.13. The predicted octanol–water partition coefficient (Wildman–Crippen LogP) is 0.869. The van der Waals surface area contributed by atoms with Crippen molar-refractivity contribution in [2.75, 3.05) is 12.9 Å². The highest BCUT2D eigenvalue weighted by atomic mass is 32.2. The monoisotopic (exact) mass is 410 g/mol. The normalized spacial score (nSPS) is 22.3. The second-order valence-corrected chi connectivity index (χ2v) is 8.57. The fraction of sp³-hybridized carbons (Fsp3) is 0.438. The van der Waals surface area contributed by atoms with Crippen molar-refractivity contribution in [3.05, 3.63) is 26.8 Å². The molecule has 2 N–H and O–H groups in total. The summed E-state index contributed by atoms with van der Waals surface area (Å²) < 4.78 is 0. The molecule has 1 saturated heterocycles. The molecule has 2 unspecified atom stereocenters. The number of oxime groups is 1. The molecule has 11 heteroatoms. The van der Waals surface area contributed by atoms with Crippen LogP contribution in [0.1, 0.15) is 22.5 Å². The molecular weight excluding hydrogens is 392 g/mol. The number of nitrogens with one attached hydrogen (secondary N) is 1. The smallest absolute Gasteiger partial charge is 0.352 e. The lowest BCUT2D eigenvalue weighted by Crippen LogP contribution is -2.71. The summed E-state index contributed by atoms with van der Waals surface area (Å²) in [5.41, 5.74) is 0.999. The van der Waals surface area contributed by atoms with Crippen LogP contribution in [0.2, 0.25) is 0 Å². The maximum absolute atomic E-state index is 12.7. The molecule has 1 fully saturated rings. The van der Waals surface area contributed by atoms with Gasteiger partial charge in [0.05, 0.1) is 5.01 Å². The van der Waals surface area contributed by atoms with E-state index in [4.69, 9.17) is 4.84 Å². The summed E-state index contributed by atoms with van der Waals surface area (Å²) in [6, 6.07) is -0.827. The van der Waals surface area contributed by atoms with Crippen LogP contribution in [0, 0.1) is 13.8 Å². The maximum Gasteiger partial charge on any atom is 0.352 e. The van der Waals surface area contributed by atoms with Gasteiger partial charge < -0.3 is 15.3 Å². The number of aromatic nitrogens is 1. The number of thiazole rings is 1. The Bertz CT molecular complexity index is 891. The number of carbonyl (C=O) groups is 3. The zero-order valence-electron chi connectivity index (χ0n) is 15.1. The van der Waals surface area contributed by atoms with Crippen molar-refractivity contribution in [1.29, 1.82) is 0 Å². The molecule has 1 aromatic heterocycles. The highest BCUT2D eigenvalue weighted by molar-refractivity contribution is 8.00. The molecule has 0 aromatic carbocycles. The first-order chi connectivity index (χ1) is 12.8. The minimum absolute atomic E-state index is 0.00833. The average Bonchev–Trinajstić information content (AvgIpc) is 2.94. The Morgan fingerprint density at radius 3 is 2.63 bits per heavy atom. The standard InChI is InChI=1S/C16H18N4O5S2/c1-6-5-26-15-11(14(22)20(15)12(6)16(23)24)18-13(21)10(19-25-4)9-7(2)27-8(3)17-9/h11,15H,5H2,1-4H3,(H,18,21)(H,23,24).